The minimum absolute atomic E-state index is 0.0178. The number of halogens is 1. The highest BCUT2D eigenvalue weighted by atomic mass is 35.5. The van der Waals surface area contributed by atoms with Crippen molar-refractivity contribution in [3.63, 3.8) is 0 Å². The summed E-state index contributed by atoms with van der Waals surface area (Å²) in [4.78, 5) is 14.8. The van der Waals surface area contributed by atoms with Crippen molar-refractivity contribution in [1.29, 1.82) is 0 Å². The highest BCUT2D eigenvalue weighted by Gasteiger charge is 2.23. The predicted molar refractivity (Wildman–Crippen MR) is 105 cm³/mol. The lowest BCUT2D eigenvalue weighted by molar-refractivity contribution is 0.0734. The zero-order chi connectivity index (χ0) is 18.8. The zero-order valence-corrected chi connectivity index (χ0v) is 15.8. The van der Waals surface area contributed by atoms with E-state index in [0.717, 1.165) is 23.4 Å². The molecular formula is C21H20ClN3O2. The fraction of sp³-hybridized carbons (Fsp3) is 0.238. The summed E-state index contributed by atoms with van der Waals surface area (Å²) >= 11 is 6.04. The van der Waals surface area contributed by atoms with Crippen LogP contribution in [0.25, 0.3) is 5.69 Å². The van der Waals surface area contributed by atoms with Gasteiger partial charge in [0.15, 0.2) is 0 Å². The molecule has 5 nitrogen and oxygen atoms in total. The average Bonchev–Trinajstić information content (AvgIpc) is 3.17. The fourth-order valence-corrected chi connectivity index (χ4v) is 3.52. The lowest BCUT2D eigenvalue weighted by atomic mass is 9.99. The third-order valence-corrected chi connectivity index (χ3v) is 4.93. The molecule has 138 valence electrons. The number of amides is 1. The first kappa shape index (κ1) is 17.6. The van der Waals surface area contributed by atoms with Gasteiger partial charge in [0.25, 0.3) is 5.91 Å². The maximum Gasteiger partial charge on any atom is 0.257 e. The number of carbonyl (C=O) groups excluding carboxylic acids is 1. The Morgan fingerprint density at radius 3 is 2.93 bits per heavy atom. The van der Waals surface area contributed by atoms with Crippen LogP contribution in [0.2, 0.25) is 5.02 Å². The summed E-state index contributed by atoms with van der Waals surface area (Å²) in [5, 5.41) is 4.95. The molecule has 0 bridgehead atoms. The molecule has 0 radical (unpaired) electrons. The summed E-state index contributed by atoms with van der Waals surface area (Å²) in [6, 6.07) is 13.5. The molecule has 0 unspecified atom stereocenters. The van der Waals surface area contributed by atoms with Crippen molar-refractivity contribution in [3.05, 3.63) is 76.6 Å². The number of fused-ring (bicyclic) bond motifs is 1. The number of hydrogen-bond acceptors (Lipinski definition) is 3. The van der Waals surface area contributed by atoms with Crippen molar-refractivity contribution in [1.82, 2.24) is 14.7 Å². The van der Waals surface area contributed by atoms with Gasteiger partial charge in [-0.2, -0.15) is 5.10 Å². The lowest BCUT2D eigenvalue weighted by Gasteiger charge is -2.29. The molecule has 2 heterocycles. The van der Waals surface area contributed by atoms with Gasteiger partial charge in [-0.15, -0.1) is 0 Å². The number of nitrogens with zero attached hydrogens (tertiary/aromatic N) is 3. The van der Waals surface area contributed by atoms with Crippen LogP contribution in [0.15, 0.2) is 54.9 Å². The van der Waals surface area contributed by atoms with Crippen LogP contribution in [0.5, 0.6) is 5.75 Å². The summed E-state index contributed by atoms with van der Waals surface area (Å²) in [7, 11) is 0. The molecule has 0 spiro atoms. The van der Waals surface area contributed by atoms with Gasteiger partial charge in [-0.05, 0) is 54.8 Å². The van der Waals surface area contributed by atoms with Crippen LogP contribution >= 0.6 is 11.6 Å². The first-order chi connectivity index (χ1) is 13.1. The maximum absolute atomic E-state index is 12.9. The van der Waals surface area contributed by atoms with Crippen molar-refractivity contribution < 1.29 is 9.53 Å². The summed E-state index contributed by atoms with van der Waals surface area (Å²) < 4.78 is 7.26. The third kappa shape index (κ3) is 3.69. The van der Waals surface area contributed by atoms with E-state index >= 15 is 0 Å². The van der Waals surface area contributed by atoms with Crippen molar-refractivity contribution in [3.8, 4) is 11.4 Å². The molecule has 4 rings (SSSR count). The summed E-state index contributed by atoms with van der Waals surface area (Å²) in [5.74, 6) is 0.829. The quantitative estimate of drug-likeness (QED) is 0.682. The number of ether oxygens (including phenoxy) is 1. The van der Waals surface area contributed by atoms with Crippen LogP contribution in [0.3, 0.4) is 0 Å². The molecule has 1 aliphatic heterocycles. The Morgan fingerprint density at radius 1 is 1.22 bits per heavy atom. The molecule has 0 saturated heterocycles. The second-order valence-electron chi connectivity index (χ2n) is 6.49. The van der Waals surface area contributed by atoms with Crippen LogP contribution in [-0.4, -0.2) is 33.7 Å². The first-order valence-electron chi connectivity index (χ1n) is 8.98. The maximum atomic E-state index is 12.9. The number of aromatic nitrogens is 2. The fourth-order valence-electron chi connectivity index (χ4n) is 3.34. The molecular weight excluding hydrogens is 362 g/mol. The molecule has 27 heavy (non-hydrogen) atoms. The van der Waals surface area contributed by atoms with Gasteiger partial charge in [0.05, 0.1) is 24.1 Å². The van der Waals surface area contributed by atoms with Gasteiger partial charge in [0.1, 0.15) is 5.75 Å². The predicted octanol–water partition coefficient (Wildman–Crippen LogP) is 4.12. The monoisotopic (exact) mass is 381 g/mol. The Hall–Kier alpha value is -2.79. The van der Waals surface area contributed by atoms with E-state index in [0.29, 0.717) is 30.3 Å². The van der Waals surface area contributed by atoms with Crippen molar-refractivity contribution in [2.24, 2.45) is 0 Å². The largest absolute Gasteiger partial charge is 0.494 e. The van der Waals surface area contributed by atoms with E-state index in [-0.39, 0.29) is 5.91 Å². The molecule has 0 fully saturated rings. The molecule has 0 N–H and O–H groups in total. The van der Waals surface area contributed by atoms with Crippen LogP contribution in [-0.2, 0) is 13.0 Å². The minimum atomic E-state index is -0.0178. The highest BCUT2D eigenvalue weighted by molar-refractivity contribution is 6.30. The first-order valence-corrected chi connectivity index (χ1v) is 9.36. The molecule has 0 aliphatic carbocycles. The molecule has 0 saturated carbocycles. The van der Waals surface area contributed by atoms with Crippen molar-refractivity contribution >= 4 is 17.5 Å². The van der Waals surface area contributed by atoms with E-state index in [1.54, 1.807) is 17.1 Å². The van der Waals surface area contributed by atoms with E-state index in [4.69, 9.17) is 16.3 Å². The van der Waals surface area contributed by atoms with Gasteiger partial charge in [0, 0.05) is 24.3 Å². The molecule has 1 aromatic heterocycles. The van der Waals surface area contributed by atoms with Gasteiger partial charge in [-0.3, -0.25) is 4.79 Å². The van der Waals surface area contributed by atoms with Crippen LogP contribution < -0.4 is 4.74 Å². The topological polar surface area (TPSA) is 47.4 Å². The van der Waals surface area contributed by atoms with Gasteiger partial charge in [0.2, 0.25) is 0 Å². The molecule has 2 aromatic carbocycles. The smallest absolute Gasteiger partial charge is 0.257 e. The average molecular weight is 382 g/mol. The van der Waals surface area contributed by atoms with Crippen molar-refractivity contribution in [2.75, 3.05) is 13.2 Å². The van der Waals surface area contributed by atoms with E-state index in [1.807, 2.05) is 48.2 Å². The third-order valence-electron chi connectivity index (χ3n) is 4.69. The van der Waals surface area contributed by atoms with Gasteiger partial charge in [-0.1, -0.05) is 23.7 Å². The Bertz CT molecular complexity index is 983. The molecule has 0 atom stereocenters. The summed E-state index contributed by atoms with van der Waals surface area (Å²) in [6.07, 6.45) is 4.20. The molecule has 6 heteroatoms. The molecule has 1 amide bonds. The van der Waals surface area contributed by atoms with Crippen LogP contribution in [0, 0.1) is 0 Å². The van der Waals surface area contributed by atoms with Crippen LogP contribution in [0.1, 0.15) is 28.4 Å². The normalized spacial score (nSPS) is 13.3. The molecule has 1 aliphatic rings. The Labute approximate surface area is 163 Å². The Balaban J connectivity index is 1.53. The summed E-state index contributed by atoms with van der Waals surface area (Å²) in [5.41, 5.74) is 3.81. The van der Waals surface area contributed by atoms with E-state index in [1.165, 1.54) is 5.56 Å². The van der Waals surface area contributed by atoms with Gasteiger partial charge < -0.3 is 9.64 Å². The number of carbonyl (C=O) groups is 1. The minimum Gasteiger partial charge on any atom is -0.494 e. The summed E-state index contributed by atoms with van der Waals surface area (Å²) in [6.45, 7) is 3.87. The Morgan fingerprint density at radius 2 is 2.11 bits per heavy atom. The number of rotatable bonds is 4. The van der Waals surface area contributed by atoms with E-state index in [2.05, 4.69) is 11.2 Å². The van der Waals surface area contributed by atoms with E-state index in [9.17, 15) is 4.79 Å². The zero-order valence-electron chi connectivity index (χ0n) is 15.1. The lowest BCUT2D eigenvalue weighted by Crippen LogP contribution is -2.35. The highest BCUT2D eigenvalue weighted by Crippen LogP contribution is 2.25. The molecule has 3 aromatic rings. The standard InChI is InChI=1S/C21H20ClN3O2/c1-2-27-20-7-6-15-8-9-24(13-16(15)10-20)21(26)17-12-23-25(14-17)19-5-3-4-18(22)11-19/h3-7,10-12,14H,2,8-9,13H2,1H3. The second kappa shape index (κ2) is 7.45. The van der Waals surface area contributed by atoms with Crippen LogP contribution in [0.4, 0.5) is 0 Å². The Kier molecular flexibility index (Phi) is 4.86. The SMILES string of the molecule is CCOc1ccc2c(c1)CN(C(=O)c1cnn(-c3cccc(Cl)c3)c1)CC2. The van der Waals surface area contributed by atoms with E-state index < -0.39 is 0 Å². The van der Waals surface area contributed by atoms with Gasteiger partial charge >= 0.3 is 0 Å². The van der Waals surface area contributed by atoms with Crippen molar-refractivity contribution in [2.45, 2.75) is 19.9 Å². The second-order valence-corrected chi connectivity index (χ2v) is 6.93. The van der Waals surface area contributed by atoms with Gasteiger partial charge in [-0.25, -0.2) is 4.68 Å². The number of hydrogen-bond donors (Lipinski definition) is 0. The number of benzene rings is 2.